The van der Waals surface area contributed by atoms with Crippen molar-refractivity contribution >= 4 is 96.0 Å². The second kappa shape index (κ2) is 15.0. The lowest BCUT2D eigenvalue weighted by Gasteiger charge is -2.02. The van der Waals surface area contributed by atoms with Crippen molar-refractivity contribution < 1.29 is 24.6 Å². The molecule has 0 aliphatic carbocycles. The van der Waals surface area contributed by atoms with E-state index in [-0.39, 0.29) is 11.3 Å². The van der Waals surface area contributed by atoms with Gasteiger partial charge in [0.2, 0.25) is 0 Å². The van der Waals surface area contributed by atoms with Crippen molar-refractivity contribution in [2.75, 3.05) is 12.8 Å². The maximum atomic E-state index is 10.7. The zero-order valence-electron chi connectivity index (χ0n) is 20.5. The third-order valence-corrected chi connectivity index (χ3v) is 9.46. The molecule has 11 heteroatoms. The summed E-state index contributed by atoms with van der Waals surface area (Å²) in [6.07, 6.45) is 0.799. The van der Waals surface area contributed by atoms with Gasteiger partial charge < -0.3 is 15.5 Å². The van der Waals surface area contributed by atoms with Gasteiger partial charge in [-0.25, -0.2) is 4.79 Å². The topological polar surface area (TPSA) is 104 Å². The second-order valence-corrected chi connectivity index (χ2v) is 11.7. The van der Waals surface area contributed by atoms with Gasteiger partial charge in [-0.1, -0.05) is 71.7 Å². The normalized spacial score (nSPS) is 10.3. The van der Waals surface area contributed by atoms with Gasteiger partial charge in [0, 0.05) is 36.5 Å². The summed E-state index contributed by atoms with van der Waals surface area (Å²) < 4.78 is 2.32. The van der Waals surface area contributed by atoms with Crippen LogP contribution in [0.2, 0.25) is 10.0 Å². The SMILES string of the molecule is CNCc1sc2ccccc2c1Cl.O=C(O)CSc1ccccc1C(=O)O.O=Cc1sc2ccccc2c1Cl. The third-order valence-electron chi connectivity index (χ3n) is 5.07. The molecule has 0 amide bonds. The first-order valence-electron chi connectivity index (χ1n) is 11.4. The zero-order chi connectivity index (χ0) is 28.4. The number of hydrogen-bond donors (Lipinski definition) is 3. The molecule has 0 saturated carbocycles. The Hall–Kier alpha value is -2.92. The number of aromatic carboxylic acids is 1. The minimum absolute atomic E-state index is 0.135. The Morgan fingerprint density at radius 3 is 1.97 bits per heavy atom. The molecule has 3 aromatic carbocycles. The van der Waals surface area contributed by atoms with Crippen LogP contribution in [0, 0.1) is 0 Å². The van der Waals surface area contributed by atoms with Crippen LogP contribution >= 0.6 is 57.6 Å². The van der Waals surface area contributed by atoms with Gasteiger partial charge in [0.25, 0.3) is 0 Å². The van der Waals surface area contributed by atoms with E-state index in [1.165, 1.54) is 32.4 Å². The van der Waals surface area contributed by atoms with Crippen LogP contribution in [0.4, 0.5) is 0 Å². The quantitative estimate of drug-likeness (QED) is 0.124. The molecule has 0 aliphatic heterocycles. The van der Waals surface area contributed by atoms with E-state index in [0.717, 1.165) is 39.7 Å². The van der Waals surface area contributed by atoms with Crippen molar-refractivity contribution in [3.63, 3.8) is 0 Å². The molecule has 0 radical (unpaired) electrons. The van der Waals surface area contributed by atoms with Crippen LogP contribution in [-0.4, -0.2) is 41.2 Å². The summed E-state index contributed by atoms with van der Waals surface area (Å²) in [5.74, 6) is -2.14. The number of nitrogens with one attached hydrogen (secondary N) is 1. The van der Waals surface area contributed by atoms with Crippen LogP contribution in [0.5, 0.6) is 0 Å². The van der Waals surface area contributed by atoms with Crippen molar-refractivity contribution in [3.05, 3.63) is 98.2 Å². The highest BCUT2D eigenvalue weighted by Gasteiger charge is 2.11. The molecule has 5 rings (SSSR count). The molecule has 0 unspecified atom stereocenters. The van der Waals surface area contributed by atoms with Crippen LogP contribution in [0.1, 0.15) is 24.9 Å². The Labute approximate surface area is 247 Å². The Balaban J connectivity index is 0.000000162. The van der Waals surface area contributed by atoms with E-state index in [1.54, 1.807) is 29.5 Å². The molecule has 5 aromatic rings. The fourth-order valence-corrected chi connectivity index (χ4v) is 6.92. The predicted octanol–water partition coefficient (Wildman–Crippen LogP) is 8.20. The number of thiophene rings is 2. The lowest BCUT2D eigenvalue weighted by Crippen LogP contribution is -2.03. The van der Waals surface area contributed by atoms with Crippen LogP contribution in [-0.2, 0) is 11.3 Å². The average Bonchev–Trinajstić information content (AvgIpc) is 3.44. The van der Waals surface area contributed by atoms with E-state index >= 15 is 0 Å². The lowest BCUT2D eigenvalue weighted by molar-refractivity contribution is -0.133. The molecule has 0 bridgehead atoms. The molecule has 0 saturated heterocycles. The van der Waals surface area contributed by atoms with Crippen LogP contribution in [0.15, 0.2) is 77.7 Å². The van der Waals surface area contributed by atoms with Crippen molar-refractivity contribution in [1.82, 2.24) is 5.32 Å². The molecule has 2 heterocycles. The molecular formula is C28H23Cl2NO5S3. The fourth-order valence-electron chi connectivity index (χ4n) is 3.36. The highest BCUT2D eigenvalue weighted by molar-refractivity contribution is 8.00. The van der Waals surface area contributed by atoms with Gasteiger partial charge in [0.1, 0.15) is 0 Å². The number of benzene rings is 3. The summed E-state index contributed by atoms with van der Waals surface area (Å²) in [6.45, 7) is 0.845. The molecular weight excluding hydrogens is 597 g/mol. The number of thioether (sulfide) groups is 1. The van der Waals surface area contributed by atoms with Gasteiger partial charge >= 0.3 is 11.9 Å². The van der Waals surface area contributed by atoms with Gasteiger partial charge in [0.05, 0.1) is 26.2 Å². The maximum absolute atomic E-state index is 10.7. The van der Waals surface area contributed by atoms with Crippen LogP contribution in [0.3, 0.4) is 0 Å². The predicted molar refractivity (Wildman–Crippen MR) is 164 cm³/mol. The number of aliphatic carboxylic acids is 1. The van der Waals surface area contributed by atoms with Gasteiger partial charge in [-0.2, -0.15) is 0 Å². The highest BCUT2D eigenvalue weighted by Crippen LogP contribution is 2.35. The van der Waals surface area contributed by atoms with Gasteiger partial charge in [-0.05, 0) is 31.3 Å². The van der Waals surface area contributed by atoms with Crippen LogP contribution < -0.4 is 5.32 Å². The summed E-state index contributed by atoms with van der Waals surface area (Å²) in [7, 11) is 1.93. The van der Waals surface area contributed by atoms with Crippen molar-refractivity contribution in [1.29, 1.82) is 0 Å². The first-order chi connectivity index (χ1) is 18.8. The maximum Gasteiger partial charge on any atom is 0.336 e. The third kappa shape index (κ3) is 8.28. The molecule has 39 heavy (non-hydrogen) atoms. The number of carbonyl (C=O) groups excluding carboxylic acids is 1. The molecule has 2 aromatic heterocycles. The van der Waals surface area contributed by atoms with E-state index in [1.807, 2.05) is 43.4 Å². The summed E-state index contributed by atoms with van der Waals surface area (Å²) in [6, 6.07) is 22.3. The first-order valence-corrected chi connectivity index (χ1v) is 14.7. The molecule has 0 fully saturated rings. The van der Waals surface area contributed by atoms with E-state index in [2.05, 4.69) is 17.4 Å². The second-order valence-electron chi connectivity index (χ2n) is 7.74. The van der Waals surface area contributed by atoms with E-state index in [4.69, 9.17) is 33.4 Å². The van der Waals surface area contributed by atoms with Gasteiger partial charge in [0.15, 0.2) is 6.29 Å². The molecule has 3 N–H and O–H groups in total. The van der Waals surface area contributed by atoms with E-state index in [9.17, 15) is 14.4 Å². The lowest BCUT2D eigenvalue weighted by atomic mass is 10.2. The Kier molecular flexibility index (Phi) is 11.8. The molecule has 0 spiro atoms. The molecule has 0 aliphatic rings. The highest BCUT2D eigenvalue weighted by atomic mass is 35.5. The number of fused-ring (bicyclic) bond motifs is 2. The number of carboxylic acid groups (broad SMARTS) is 2. The van der Waals surface area contributed by atoms with E-state index < -0.39 is 11.9 Å². The van der Waals surface area contributed by atoms with Gasteiger partial charge in [-0.3, -0.25) is 9.59 Å². The first kappa shape index (κ1) is 30.6. The molecule has 0 atom stereocenters. The summed E-state index contributed by atoms with van der Waals surface area (Å²) >= 11 is 16.3. The summed E-state index contributed by atoms with van der Waals surface area (Å²) in [5, 5.41) is 23.9. The monoisotopic (exact) mass is 619 g/mol. The number of halogens is 2. The minimum Gasteiger partial charge on any atom is -0.481 e. The minimum atomic E-state index is -1.04. The number of aldehydes is 1. The Morgan fingerprint density at radius 1 is 0.872 bits per heavy atom. The Morgan fingerprint density at radius 2 is 1.44 bits per heavy atom. The van der Waals surface area contributed by atoms with Crippen LogP contribution in [0.25, 0.3) is 20.2 Å². The molecule has 202 valence electrons. The average molecular weight is 621 g/mol. The van der Waals surface area contributed by atoms with Gasteiger partial charge in [-0.15, -0.1) is 34.4 Å². The number of rotatable bonds is 7. The Bertz CT molecular complexity index is 1600. The standard InChI is InChI=1S/C10H10ClNS.C9H5ClOS.C9H8O4S/c1-12-6-9-10(11)7-4-2-3-5-8(7)13-9;10-9-6-3-1-2-4-7(6)12-8(9)5-11;10-8(11)5-14-7-4-2-1-3-6(7)9(12)13/h2-5,12H,6H2,1H3;1-5H;1-4H,5H2,(H,10,11)(H,12,13). The summed E-state index contributed by atoms with van der Waals surface area (Å²) in [4.78, 5) is 33.8. The fraction of sp³-hybridized carbons (Fsp3) is 0.107. The molecule has 6 nitrogen and oxygen atoms in total. The van der Waals surface area contributed by atoms with E-state index in [0.29, 0.717) is 14.8 Å². The number of carboxylic acids is 2. The van der Waals surface area contributed by atoms with Crippen molar-refractivity contribution in [3.8, 4) is 0 Å². The summed E-state index contributed by atoms with van der Waals surface area (Å²) in [5.41, 5.74) is 0.138. The number of hydrogen-bond acceptors (Lipinski definition) is 7. The van der Waals surface area contributed by atoms with Crippen molar-refractivity contribution in [2.45, 2.75) is 11.4 Å². The zero-order valence-corrected chi connectivity index (χ0v) is 24.5. The number of carbonyl (C=O) groups is 3. The smallest absolute Gasteiger partial charge is 0.336 e. The van der Waals surface area contributed by atoms with Crippen molar-refractivity contribution in [2.24, 2.45) is 0 Å². The largest absolute Gasteiger partial charge is 0.481 e.